The van der Waals surface area contributed by atoms with Gasteiger partial charge in [-0.05, 0) is 35.2 Å². The summed E-state index contributed by atoms with van der Waals surface area (Å²) < 4.78 is 41.3. The van der Waals surface area contributed by atoms with Gasteiger partial charge in [0, 0.05) is 26.7 Å². The number of aliphatic imine (C=N–C) groups is 1. The van der Waals surface area contributed by atoms with E-state index < -0.39 is 12.8 Å². The predicted octanol–water partition coefficient (Wildman–Crippen LogP) is 2.88. The third kappa shape index (κ3) is 6.91. The van der Waals surface area contributed by atoms with Crippen LogP contribution < -0.4 is 15.4 Å². The number of halogens is 3. The molecule has 0 radical (unpaired) electrons. The number of hydrogen-bond donors (Lipinski definition) is 2. The van der Waals surface area contributed by atoms with E-state index in [4.69, 9.17) is 4.74 Å². The van der Waals surface area contributed by atoms with Gasteiger partial charge in [0.25, 0.3) is 0 Å². The lowest BCUT2D eigenvalue weighted by atomic mass is 10.00. The van der Waals surface area contributed by atoms with Crippen LogP contribution >= 0.6 is 0 Å². The molecule has 0 fully saturated rings. The lowest BCUT2D eigenvalue weighted by Crippen LogP contribution is -2.45. The molecular formula is C22H25F3N4O2. The molecule has 0 atom stereocenters. The van der Waals surface area contributed by atoms with E-state index in [-0.39, 0.29) is 18.2 Å². The second-order valence-electron chi connectivity index (χ2n) is 7.16. The SMILES string of the molecule is CN=C(NCC(=O)N1CCc2ccccc2C1)NCc1ccc(OCC(F)(F)F)cc1. The Kier molecular flexibility index (Phi) is 7.38. The fourth-order valence-electron chi connectivity index (χ4n) is 3.25. The van der Waals surface area contributed by atoms with Crippen LogP contribution in [0.1, 0.15) is 16.7 Å². The highest BCUT2D eigenvalue weighted by atomic mass is 19.4. The average molecular weight is 434 g/mol. The Morgan fingerprint density at radius 1 is 1.10 bits per heavy atom. The summed E-state index contributed by atoms with van der Waals surface area (Å²) in [5, 5.41) is 6.09. The molecule has 166 valence electrons. The first-order valence-electron chi connectivity index (χ1n) is 9.91. The molecule has 2 aromatic carbocycles. The van der Waals surface area contributed by atoms with Gasteiger partial charge in [0.05, 0.1) is 6.54 Å². The zero-order valence-corrected chi connectivity index (χ0v) is 17.2. The molecule has 0 unspecified atom stereocenters. The number of alkyl halides is 3. The Hall–Kier alpha value is -3.23. The van der Waals surface area contributed by atoms with Crippen molar-refractivity contribution in [1.82, 2.24) is 15.5 Å². The highest BCUT2D eigenvalue weighted by molar-refractivity contribution is 5.86. The number of rotatable bonds is 6. The summed E-state index contributed by atoms with van der Waals surface area (Å²) in [7, 11) is 1.60. The molecule has 1 amide bonds. The number of amides is 1. The van der Waals surface area contributed by atoms with Crippen LogP contribution in [0.4, 0.5) is 13.2 Å². The normalized spacial score (nSPS) is 14.1. The van der Waals surface area contributed by atoms with E-state index in [0.29, 0.717) is 25.6 Å². The molecule has 9 heteroatoms. The van der Waals surface area contributed by atoms with E-state index in [1.165, 1.54) is 23.3 Å². The fourth-order valence-corrected chi connectivity index (χ4v) is 3.25. The molecule has 1 heterocycles. The first-order valence-corrected chi connectivity index (χ1v) is 9.91. The summed E-state index contributed by atoms with van der Waals surface area (Å²) in [5.74, 6) is 0.601. The minimum absolute atomic E-state index is 0.0105. The van der Waals surface area contributed by atoms with Crippen LogP contribution in [0.15, 0.2) is 53.5 Å². The molecule has 0 saturated carbocycles. The number of hydrogen-bond acceptors (Lipinski definition) is 3. The van der Waals surface area contributed by atoms with Gasteiger partial charge < -0.3 is 20.3 Å². The Labute approximate surface area is 179 Å². The monoisotopic (exact) mass is 434 g/mol. The highest BCUT2D eigenvalue weighted by Crippen LogP contribution is 2.19. The maximum atomic E-state index is 12.6. The molecule has 0 spiro atoms. The lowest BCUT2D eigenvalue weighted by molar-refractivity contribution is -0.153. The number of guanidine groups is 1. The summed E-state index contributed by atoms with van der Waals surface area (Å²) in [4.78, 5) is 18.5. The van der Waals surface area contributed by atoms with Crippen molar-refractivity contribution in [2.45, 2.75) is 25.7 Å². The molecule has 1 aliphatic heterocycles. The number of ether oxygens (including phenoxy) is 1. The maximum Gasteiger partial charge on any atom is 0.422 e. The summed E-state index contributed by atoms with van der Waals surface area (Å²) in [5.41, 5.74) is 3.29. The van der Waals surface area contributed by atoms with Crippen LogP contribution in [0.25, 0.3) is 0 Å². The van der Waals surface area contributed by atoms with E-state index in [0.717, 1.165) is 12.0 Å². The molecule has 0 aromatic heterocycles. The highest BCUT2D eigenvalue weighted by Gasteiger charge is 2.28. The summed E-state index contributed by atoms with van der Waals surface area (Å²) in [6, 6.07) is 14.4. The van der Waals surface area contributed by atoms with Crippen LogP contribution in [0.2, 0.25) is 0 Å². The van der Waals surface area contributed by atoms with Crippen LogP contribution in [-0.2, 0) is 24.3 Å². The number of nitrogens with zero attached hydrogens (tertiary/aromatic N) is 2. The van der Waals surface area contributed by atoms with Crippen LogP contribution in [0.5, 0.6) is 5.75 Å². The standard InChI is InChI=1S/C22H25F3N4O2/c1-26-21(27-12-16-6-8-19(9-7-16)31-15-22(23,24)25)28-13-20(30)29-11-10-17-4-2-3-5-18(17)14-29/h2-9H,10-15H2,1H3,(H2,26,27,28). The van der Waals surface area contributed by atoms with Crippen molar-refractivity contribution in [2.75, 3.05) is 26.7 Å². The van der Waals surface area contributed by atoms with Gasteiger partial charge in [0.15, 0.2) is 12.6 Å². The van der Waals surface area contributed by atoms with Gasteiger partial charge >= 0.3 is 6.18 Å². The maximum absolute atomic E-state index is 12.6. The van der Waals surface area contributed by atoms with Gasteiger partial charge in [-0.1, -0.05) is 36.4 Å². The predicted molar refractivity (Wildman–Crippen MR) is 112 cm³/mol. The van der Waals surface area contributed by atoms with Crippen molar-refractivity contribution in [3.8, 4) is 5.75 Å². The van der Waals surface area contributed by atoms with Gasteiger partial charge in [-0.25, -0.2) is 0 Å². The quantitative estimate of drug-likeness (QED) is 0.542. The minimum Gasteiger partial charge on any atom is -0.484 e. The lowest BCUT2D eigenvalue weighted by Gasteiger charge is -2.29. The van der Waals surface area contributed by atoms with E-state index in [1.54, 1.807) is 19.2 Å². The molecule has 1 aliphatic rings. The second kappa shape index (κ2) is 10.2. The third-order valence-electron chi connectivity index (χ3n) is 4.90. The molecule has 0 aliphatic carbocycles. The van der Waals surface area contributed by atoms with E-state index in [1.807, 2.05) is 23.1 Å². The van der Waals surface area contributed by atoms with Crippen molar-refractivity contribution in [3.63, 3.8) is 0 Å². The van der Waals surface area contributed by atoms with Crippen molar-refractivity contribution in [2.24, 2.45) is 4.99 Å². The van der Waals surface area contributed by atoms with E-state index in [9.17, 15) is 18.0 Å². The first kappa shape index (κ1) is 22.5. The van der Waals surface area contributed by atoms with Crippen molar-refractivity contribution in [3.05, 3.63) is 65.2 Å². The van der Waals surface area contributed by atoms with E-state index in [2.05, 4.69) is 21.7 Å². The van der Waals surface area contributed by atoms with Crippen LogP contribution in [0.3, 0.4) is 0 Å². The molecule has 6 nitrogen and oxygen atoms in total. The molecule has 2 N–H and O–H groups in total. The van der Waals surface area contributed by atoms with Gasteiger partial charge in [-0.15, -0.1) is 0 Å². The van der Waals surface area contributed by atoms with Gasteiger partial charge in [0.1, 0.15) is 5.75 Å². The Morgan fingerprint density at radius 3 is 2.48 bits per heavy atom. The number of carbonyl (C=O) groups is 1. The number of carbonyl (C=O) groups excluding carboxylic acids is 1. The molecule has 3 rings (SSSR count). The Morgan fingerprint density at radius 2 is 1.81 bits per heavy atom. The van der Waals surface area contributed by atoms with Gasteiger partial charge in [-0.3, -0.25) is 9.79 Å². The van der Waals surface area contributed by atoms with Crippen molar-refractivity contribution in [1.29, 1.82) is 0 Å². The smallest absolute Gasteiger partial charge is 0.422 e. The topological polar surface area (TPSA) is 66.0 Å². The number of fused-ring (bicyclic) bond motifs is 1. The number of nitrogens with one attached hydrogen (secondary N) is 2. The largest absolute Gasteiger partial charge is 0.484 e. The average Bonchev–Trinajstić information content (AvgIpc) is 2.77. The molecular weight excluding hydrogens is 409 g/mol. The van der Waals surface area contributed by atoms with Crippen molar-refractivity contribution >= 4 is 11.9 Å². The second-order valence-corrected chi connectivity index (χ2v) is 7.16. The van der Waals surface area contributed by atoms with Crippen molar-refractivity contribution < 1.29 is 22.7 Å². The fraction of sp³-hybridized carbons (Fsp3) is 0.364. The first-order chi connectivity index (χ1) is 14.8. The summed E-state index contributed by atoms with van der Waals surface area (Å²) >= 11 is 0. The molecule has 2 aromatic rings. The summed E-state index contributed by atoms with van der Waals surface area (Å²) in [6.07, 6.45) is -3.52. The molecule has 0 saturated heterocycles. The minimum atomic E-state index is -4.37. The number of benzene rings is 2. The summed E-state index contributed by atoms with van der Waals surface area (Å²) in [6.45, 7) is 0.478. The Bertz CT molecular complexity index is 914. The zero-order chi connectivity index (χ0) is 22.3. The zero-order valence-electron chi connectivity index (χ0n) is 17.2. The van der Waals surface area contributed by atoms with Crippen LogP contribution in [0, 0.1) is 0 Å². The Balaban J connectivity index is 1.43. The van der Waals surface area contributed by atoms with Gasteiger partial charge in [0.2, 0.25) is 5.91 Å². The molecule has 31 heavy (non-hydrogen) atoms. The van der Waals surface area contributed by atoms with Crippen LogP contribution in [-0.4, -0.2) is 49.7 Å². The van der Waals surface area contributed by atoms with Gasteiger partial charge in [-0.2, -0.15) is 13.2 Å². The molecule has 0 bridgehead atoms. The van der Waals surface area contributed by atoms with E-state index >= 15 is 0 Å². The third-order valence-corrected chi connectivity index (χ3v) is 4.90.